The van der Waals surface area contributed by atoms with Gasteiger partial charge in [-0.05, 0) is 30.4 Å². The third-order valence-electron chi connectivity index (χ3n) is 2.39. The lowest BCUT2D eigenvalue weighted by atomic mass is 10.2. The van der Waals surface area contributed by atoms with E-state index in [0.717, 1.165) is 17.1 Å². The van der Waals surface area contributed by atoms with E-state index < -0.39 is 0 Å². The predicted octanol–water partition coefficient (Wildman–Crippen LogP) is 2.14. The summed E-state index contributed by atoms with van der Waals surface area (Å²) in [5.41, 5.74) is 7.20. The molecule has 0 saturated carbocycles. The number of aromatic nitrogens is 3. The van der Waals surface area contributed by atoms with E-state index >= 15 is 0 Å². The molecule has 0 radical (unpaired) electrons. The Bertz CT molecular complexity index is 555. The fraction of sp³-hybridized carbons (Fsp3) is 0.250. The van der Waals surface area contributed by atoms with E-state index in [2.05, 4.69) is 27.7 Å². The quantitative estimate of drug-likeness (QED) is 0.574. The van der Waals surface area contributed by atoms with Crippen molar-refractivity contribution in [1.82, 2.24) is 15.4 Å². The molecule has 7 heteroatoms. The molecule has 0 aliphatic rings. The third kappa shape index (κ3) is 3.47. The van der Waals surface area contributed by atoms with Gasteiger partial charge in [-0.25, -0.2) is 0 Å². The van der Waals surface area contributed by atoms with Crippen molar-refractivity contribution in [3.8, 4) is 0 Å². The maximum absolute atomic E-state index is 11.9. The van der Waals surface area contributed by atoms with Crippen LogP contribution in [-0.4, -0.2) is 27.1 Å². The van der Waals surface area contributed by atoms with Crippen LogP contribution in [0, 0.1) is 0 Å². The van der Waals surface area contributed by atoms with Crippen LogP contribution in [0.15, 0.2) is 29.3 Å². The molecule has 0 bridgehead atoms. The van der Waals surface area contributed by atoms with Gasteiger partial charge in [0, 0.05) is 4.90 Å². The van der Waals surface area contributed by atoms with Crippen molar-refractivity contribution in [2.75, 3.05) is 16.8 Å². The van der Waals surface area contributed by atoms with Gasteiger partial charge in [0.05, 0.1) is 17.6 Å². The van der Waals surface area contributed by atoms with E-state index in [0.29, 0.717) is 11.4 Å². The first-order valence-electron chi connectivity index (χ1n) is 5.90. The van der Waals surface area contributed by atoms with Gasteiger partial charge < -0.3 is 11.1 Å². The van der Waals surface area contributed by atoms with Crippen molar-refractivity contribution in [3.05, 3.63) is 30.1 Å². The van der Waals surface area contributed by atoms with Crippen LogP contribution in [0.2, 0.25) is 0 Å². The average molecular weight is 277 g/mol. The summed E-state index contributed by atoms with van der Waals surface area (Å²) in [5.74, 6) is 0.693. The highest BCUT2D eigenvalue weighted by Crippen LogP contribution is 2.27. The van der Waals surface area contributed by atoms with E-state index in [1.54, 1.807) is 17.8 Å². The Kier molecular flexibility index (Phi) is 4.40. The van der Waals surface area contributed by atoms with Crippen LogP contribution in [0.5, 0.6) is 0 Å². The highest BCUT2D eigenvalue weighted by molar-refractivity contribution is 7.99. The molecule has 4 N–H and O–H groups in total. The van der Waals surface area contributed by atoms with E-state index in [9.17, 15) is 4.79 Å². The van der Waals surface area contributed by atoms with Gasteiger partial charge in [0.2, 0.25) is 0 Å². The number of nitrogens with zero attached hydrogens (tertiary/aromatic N) is 2. The fourth-order valence-corrected chi connectivity index (χ4v) is 2.26. The number of carbonyl (C=O) groups excluding carboxylic acids is 1. The zero-order valence-electron chi connectivity index (χ0n) is 10.5. The van der Waals surface area contributed by atoms with Crippen LogP contribution in [0.1, 0.15) is 23.8 Å². The number of hydrogen-bond acceptors (Lipinski definition) is 5. The Hall–Kier alpha value is -2.02. The Morgan fingerprint density at radius 3 is 3.05 bits per heavy atom. The lowest BCUT2D eigenvalue weighted by Crippen LogP contribution is -2.13. The number of benzene rings is 1. The molecule has 0 aliphatic carbocycles. The lowest BCUT2D eigenvalue weighted by molar-refractivity contribution is 0.102. The predicted molar refractivity (Wildman–Crippen MR) is 76.2 cm³/mol. The molecule has 1 amide bonds. The topological polar surface area (TPSA) is 96.7 Å². The standard InChI is InChI=1S/C12H15N5OS/c1-2-5-19-8-3-4-9(13)10(6-8)15-12(18)11-7-14-17-16-11/h3-4,6-7H,2,5,13H2,1H3,(H,15,18)(H,14,16,17). The van der Waals surface area contributed by atoms with Crippen molar-refractivity contribution in [3.63, 3.8) is 0 Å². The zero-order chi connectivity index (χ0) is 13.7. The first kappa shape index (κ1) is 13.4. The number of aromatic amines is 1. The number of amides is 1. The molecule has 0 aliphatic heterocycles. The van der Waals surface area contributed by atoms with Crippen molar-refractivity contribution >= 4 is 29.0 Å². The number of carbonyl (C=O) groups is 1. The van der Waals surface area contributed by atoms with Crippen molar-refractivity contribution in [1.29, 1.82) is 0 Å². The molecular weight excluding hydrogens is 262 g/mol. The number of H-pyrrole nitrogens is 1. The maximum Gasteiger partial charge on any atom is 0.277 e. The first-order valence-corrected chi connectivity index (χ1v) is 6.88. The smallest absolute Gasteiger partial charge is 0.277 e. The number of nitrogens with one attached hydrogen (secondary N) is 2. The second kappa shape index (κ2) is 6.24. The minimum Gasteiger partial charge on any atom is -0.397 e. The molecule has 2 rings (SSSR count). The maximum atomic E-state index is 11.9. The van der Waals surface area contributed by atoms with Crippen LogP contribution >= 0.6 is 11.8 Å². The van der Waals surface area contributed by atoms with E-state index in [1.165, 1.54) is 6.20 Å². The average Bonchev–Trinajstić information content (AvgIpc) is 2.93. The SMILES string of the molecule is CCCSc1ccc(N)c(NC(=O)c2cn[nH]n2)c1. The van der Waals surface area contributed by atoms with Crippen LogP contribution in [0.3, 0.4) is 0 Å². The summed E-state index contributed by atoms with van der Waals surface area (Å²) in [6, 6.07) is 5.60. The van der Waals surface area contributed by atoms with Crippen molar-refractivity contribution in [2.24, 2.45) is 0 Å². The number of nitrogen functional groups attached to an aromatic ring is 1. The molecule has 0 unspecified atom stereocenters. The summed E-state index contributed by atoms with van der Waals surface area (Å²) < 4.78 is 0. The third-order valence-corrected chi connectivity index (χ3v) is 3.59. The molecule has 6 nitrogen and oxygen atoms in total. The molecular formula is C12H15N5OS. The van der Waals surface area contributed by atoms with Gasteiger partial charge in [0.15, 0.2) is 5.69 Å². The summed E-state index contributed by atoms with van der Waals surface area (Å²) in [6.07, 6.45) is 2.46. The number of hydrogen-bond donors (Lipinski definition) is 3. The molecule has 1 aromatic heterocycles. The summed E-state index contributed by atoms with van der Waals surface area (Å²) in [7, 11) is 0. The Morgan fingerprint density at radius 2 is 2.37 bits per heavy atom. The molecule has 2 aromatic rings. The van der Waals surface area contributed by atoms with Crippen molar-refractivity contribution in [2.45, 2.75) is 18.2 Å². The summed E-state index contributed by atoms with van der Waals surface area (Å²) >= 11 is 1.73. The summed E-state index contributed by atoms with van der Waals surface area (Å²) in [5, 5.41) is 12.4. The zero-order valence-corrected chi connectivity index (χ0v) is 11.3. The number of rotatable bonds is 5. The minimum absolute atomic E-state index is 0.228. The van der Waals surface area contributed by atoms with Gasteiger partial charge in [-0.3, -0.25) is 4.79 Å². The summed E-state index contributed by atoms with van der Waals surface area (Å²) in [4.78, 5) is 12.9. The summed E-state index contributed by atoms with van der Waals surface area (Å²) in [6.45, 7) is 2.12. The molecule has 1 heterocycles. The minimum atomic E-state index is -0.335. The van der Waals surface area contributed by atoms with Crippen LogP contribution in [0.4, 0.5) is 11.4 Å². The fourth-order valence-electron chi connectivity index (χ4n) is 1.45. The van der Waals surface area contributed by atoms with Gasteiger partial charge in [0.1, 0.15) is 0 Å². The highest BCUT2D eigenvalue weighted by Gasteiger charge is 2.11. The second-order valence-corrected chi connectivity index (χ2v) is 5.08. The van der Waals surface area contributed by atoms with Crippen LogP contribution in [-0.2, 0) is 0 Å². The van der Waals surface area contributed by atoms with Crippen LogP contribution in [0.25, 0.3) is 0 Å². The molecule has 0 saturated heterocycles. The van der Waals surface area contributed by atoms with Gasteiger partial charge >= 0.3 is 0 Å². The normalized spacial score (nSPS) is 10.4. The largest absolute Gasteiger partial charge is 0.397 e. The lowest BCUT2D eigenvalue weighted by Gasteiger charge is -2.09. The molecule has 0 spiro atoms. The molecule has 100 valence electrons. The highest BCUT2D eigenvalue weighted by atomic mass is 32.2. The second-order valence-electron chi connectivity index (χ2n) is 3.91. The van der Waals surface area contributed by atoms with E-state index in [-0.39, 0.29) is 11.6 Å². The van der Waals surface area contributed by atoms with Crippen molar-refractivity contribution < 1.29 is 4.79 Å². The Morgan fingerprint density at radius 1 is 1.53 bits per heavy atom. The molecule has 0 atom stereocenters. The number of nitrogens with two attached hydrogens (primary N) is 1. The van der Waals surface area contributed by atoms with Gasteiger partial charge in [-0.15, -0.1) is 11.8 Å². The van der Waals surface area contributed by atoms with E-state index in [4.69, 9.17) is 5.73 Å². The van der Waals surface area contributed by atoms with Crippen LogP contribution < -0.4 is 11.1 Å². The van der Waals surface area contributed by atoms with E-state index in [1.807, 2.05) is 12.1 Å². The Labute approximate surface area is 115 Å². The number of anilines is 2. The molecule has 1 aromatic carbocycles. The Balaban J connectivity index is 2.12. The van der Waals surface area contributed by atoms with Gasteiger partial charge in [0.25, 0.3) is 5.91 Å². The van der Waals surface area contributed by atoms with Gasteiger partial charge in [-0.1, -0.05) is 6.92 Å². The monoisotopic (exact) mass is 277 g/mol. The first-order chi connectivity index (χ1) is 9.20. The van der Waals surface area contributed by atoms with Gasteiger partial charge in [-0.2, -0.15) is 15.4 Å². The molecule has 19 heavy (non-hydrogen) atoms. The molecule has 0 fully saturated rings. The number of thioether (sulfide) groups is 1.